The molecule has 1 aliphatic heterocycles. The molecule has 0 saturated carbocycles. The third kappa shape index (κ3) is 2.43. The first-order valence-corrected chi connectivity index (χ1v) is 9.24. The maximum atomic E-state index is 12.5. The van der Waals surface area contributed by atoms with Crippen molar-refractivity contribution >= 4 is 34.3 Å². The first-order chi connectivity index (χ1) is 13.7. The van der Waals surface area contributed by atoms with Gasteiger partial charge in [0, 0.05) is 26.2 Å². The number of carbonyl (C=O) groups excluding carboxylic acids is 1. The number of nitrogens with zero attached hydrogens (tertiary/aromatic N) is 6. The van der Waals surface area contributed by atoms with Gasteiger partial charge in [0.1, 0.15) is 6.33 Å². The maximum Gasteiger partial charge on any atom is 0.326 e. The lowest BCUT2D eigenvalue weighted by atomic mass is 10.0. The molecule has 142 valence electrons. The van der Waals surface area contributed by atoms with Crippen molar-refractivity contribution < 1.29 is 4.79 Å². The van der Waals surface area contributed by atoms with Crippen LogP contribution in [0.4, 0.5) is 5.82 Å². The molecule has 1 aromatic carbocycles. The van der Waals surface area contributed by atoms with Gasteiger partial charge in [-0.05, 0) is 25.0 Å². The van der Waals surface area contributed by atoms with Crippen LogP contribution in [-0.4, -0.2) is 48.4 Å². The fourth-order valence-electron chi connectivity index (χ4n) is 4.11. The van der Waals surface area contributed by atoms with Crippen LogP contribution in [0.5, 0.6) is 0 Å². The predicted octanol–water partition coefficient (Wildman–Crippen LogP) is 1.66. The molecule has 4 heterocycles. The molecule has 1 N–H and O–H groups in total. The van der Waals surface area contributed by atoms with E-state index >= 15 is 0 Å². The first-order valence-electron chi connectivity index (χ1n) is 9.24. The molecule has 0 radical (unpaired) electrons. The Kier molecular flexibility index (Phi) is 3.75. The number of aldehydes is 1. The summed E-state index contributed by atoms with van der Waals surface area (Å²) in [5, 5.41) is 0. The number of carbonyl (C=O) groups is 1. The van der Waals surface area contributed by atoms with Gasteiger partial charge < -0.3 is 14.5 Å². The second kappa shape index (κ2) is 6.29. The van der Waals surface area contributed by atoms with E-state index in [0.717, 1.165) is 49.1 Å². The third-order valence-corrected chi connectivity index (χ3v) is 5.53. The number of imidazole rings is 2. The molecule has 9 heteroatoms. The van der Waals surface area contributed by atoms with Crippen LogP contribution in [0.25, 0.3) is 22.2 Å². The Morgan fingerprint density at radius 3 is 2.75 bits per heavy atom. The van der Waals surface area contributed by atoms with Crippen molar-refractivity contribution in [3.05, 3.63) is 46.9 Å². The lowest BCUT2D eigenvalue weighted by molar-refractivity contribution is 0.111. The Balaban J connectivity index is 1.45. The van der Waals surface area contributed by atoms with Gasteiger partial charge in [0.15, 0.2) is 29.1 Å². The van der Waals surface area contributed by atoms with Gasteiger partial charge in [0.25, 0.3) is 0 Å². The summed E-state index contributed by atoms with van der Waals surface area (Å²) >= 11 is 0. The zero-order valence-corrected chi connectivity index (χ0v) is 15.4. The number of hydrogen-bond acceptors (Lipinski definition) is 6. The van der Waals surface area contributed by atoms with Gasteiger partial charge in [-0.15, -0.1) is 0 Å². The molecule has 4 aromatic rings. The largest absolute Gasteiger partial charge is 0.355 e. The maximum absolute atomic E-state index is 12.5. The summed E-state index contributed by atoms with van der Waals surface area (Å²) in [7, 11) is 1.77. The second-order valence-electron chi connectivity index (χ2n) is 7.05. The van der Waals surface area contributed by atoms with Gasteiger partial charge in [-0.25, -0.2) is 19.7 Å². The van der Waals surface area contributed by atoms with Crippen molar-refractivity contribution in [2.24, 2.45) is 7.05 Å². The number of fused-ring (bicyclic) bond motifs is 2. The lowest BCUT2D eigenvalue weighted by Crippen LogP contribution is -2.37. The number of hydrogen-bond donors (Lipinski definition) is 1. The zero-order valence-electron chi connectivity index (χ0n) is 15.4. The fourth-order valence-corrected chi connectivity index (χ4v) is 4.11. The molecule has 28 heavy (non-hydrogen) atoms. The van der Waals surface area contributed by atoms with Crippen LogP contribution in [0.2, 0.25) is 0 Å². The van der Waals surface area contributed by atoms with E-state index in [4.69, 9.17) is 0 Å². The fraction of sp³-hybridized carbons (Fsp3) is 0.316. The van der Waals surface area contributed by atoms with Crippen LogP contribution >= 0.6 is 0 Å². The number of aromatic nitrogens is 6. The van der Waals surface area contributed by atoms with Crippen molar-refractivity contribution in [3.8, 4) is 0 Å². The standard InChI is InChI=1S/C19H19N7O2/c1-24-15(10-27)23-16-17(24)20-11-21-18(16)25-8-6-12(7-9-25)26-14-5-3-2-4-13(14)22-19(26)28/h2-5,10-12H,6-9H2,1H3,(H,22,28). The predicted molar refractivity (Wildman–Crippen MR) is 105 cm³/mol. The number of aryl methyl sites for hydroxylation is 1. The van der Waals surface area contributed by atoms with E-state index in [1.54, 1.807) is 11.6 Å². The highest BCUT2D eigenvalue weighted by atomic mass is 16.1. The minimum atomic E-state index is -0.0653. The highest BCUT2D eigenvalue weighted by Crippen LogP contribution is 2.29. The molecule has 0 amide bonds. The molecule has 0 spiro atoms. The summed E-state index contributed by atoms with van der Waals surface area (Å²) in [4.78, 5) is 41.9. The molecule has 3 aromatic heterocycles. The minimum absolute atomic E-state index is 0.0653. The van der Waals surface area contributed by atoms with Crippen molar-refractivity contribution in [1.82, 2.24) is 29.1 Å². The molecule has 1 fully saturated rings. The Morgan fingerprint density at radius 1 is 1.18 bits per heavy atom. The van der Waals surface area contributed by atoms with E-state index < -0.39 is 0 Å². The number of nitrogens with one attached hydrogen (secondary N) is 1. The Labute approximate surface area is 159 Å². The average molecular weight is 377 g/mol. The summed E-state index contributed by atoms with van der Waals surface area (Å²) in [6, 6.07) is 7.90. The van der Waals surface area contributed by atoms with Crippen LogP contribution in [-0.2, 0) is 7.05 Å². The van der Waals surface area contributed by atoms with Gasteiger partial charge >= 0.3 is 5.69 Å². The monoisotopic (exact) mass is 377 g/mol. The second-order valence-corrected chi connectivity index (χ2v) is 7.05. The van der Waals surface area contributed by atoms with Crippen LogP contribution in [0.3, 0.4) is 0 Å². The van der Waals surface area contributed by atoms with Crippen LogP contribution in [0, 0.1) is 0 Å². The highest BCUT2D eigenvalue weighted by Gasteiger charge is 2.26. The molecule has 1 aliphatic rings. The summed E-state index contributed by atoms with van der Waals surface area (Å²) < 4.78 is 3.54. The molecule has 9 nitrogen and oxygen atoms in total. The Morgan fingerprint density at radius 2 is 1.96 bits per heavy atom. The van der Waals surface area contributed by atoms with Gasteiger partial charge in [0.2, 0.25) is 0 Å². The number of benzene rings is 1. The third-order valence-electron chi connectivity index (χ3n) is 5.53. The van der Waals surface area contributed by atoms with E-state index in [9.17, 15) is 9.59 Å². The molecule has 0 aliphatic carbocycles. The van der Waals surface area contributed by atoms with Crippen molar-refractivity contribution in [2.75, 3.05) is 18.0 Å². The number of rotatable bonds is 3. The van der Waals surface area contributed by atoms with Crippen molar-refractivity contribution in [3.63, 3.8) is 0 Å². The minimum Gasteiger partial charge on any atom is -0.355 e. The number of aromatic amines is 1. The molecular formula is C19H19N7O2. The molecular weight excluding hydrogens is 358 g/mol. The number of para-hydroxylation sites is 2. The molecule has 5 rings (SSSR count). The van der Waals surface area contributed by atoms with Gasteiger partial charge in [-0.2, -0.15) is 0 Å². The van der Waals surface area contributed by atoms with E-state index in [-0.39, 0.29) is 11.7 Å². The van der Waals surface area contributed by atoms with Gasteiger partial charge in [-0.3, -0.25) is 9.36 Å². The van der Waals surface area contributed by atoms with Gasteiger partial charge in [0.05, 0.1) is 11.0 Å². The number of piperidine rings is 1. The van der Waals surface area contributed by atoms with Crippen LogP contribution in [0.1, 0.15) is 29.5 Å². The number of anilines is 1. The van der Waals surface area contributed by atoms with E-state index in [1.807, 2.05) is 28.8 Å². The van der Waals surface area contributed by atoms with Crippen molar-refractivity contribution in [1.29, 1.82) is 0 Å². The Hall–Kier alpha value is -3.49. The summed E-state index contributed by atoms with van der Waals surface area (Å²) in [5.41, 5.74) is 3.01. The lowest BCUT2D eigenvalue weighted by Gasteiger charge is -2.33. The van der Waals surface area contributed by atoms with Crippen LogP contribution in [0.15, 0.2) is 35.4 Å². The zero-order chi connectivity index (χ0) is 19.3. The van der Waals surface area contributed by atoms with Crippen LogP contribution < -0.4 is 10.6 Å². The SMILES string of the molecule is Cn1c(C=O)nc2c(N3CCC(n4c(=O)[nH]c5ccccc54)CC3)ncnc21. The summed E-state index contributed by atoms with van der Waals surface area (Å²) in [6.45, 7) is 1.49. The number of H-pyrrole nitrogens is 1. The van der Waals surface area contributed by atoms with E-state index in [2.05, 4.69) is 24.8 Å². The van der Waals surface area contributed by atoms with Crippen molar-refractivity contribution in [2.45, 2.75) is 18.9 Å². The topological polar surface area (TPSA) is 102 Å². The quantitative estimate of drug-likeness (QED) is 0.545. The highest BCUT2D eigenvalue weighted by molar-refractivity contribution is 5.88. The van der Waals surface area contributed by atoms with Gasteiger partial charge in [-0.1, -0.05) is 12.1 Å². The summed E-state index contributed by atoms with van der Waals surface area (Å²) in [6.07, 6.45) is 3.87. The Bertz CT molecular complexity index is 1240. The molecule has 0 bridgehead atoms. The van der Waals surface area contributed by atoms with E-state index in [1.165, 1.54) is 6.33 Å². The van der Waals surface area contributed by atoms with E-state index in [0.29, 0.717) is 17.0 Å². The molecule has 0 atom stereocenters. The normalized spacial score (nSPS) is 15.5. The average Bonchev–Trinajstić information content (AvgIpc) is 3.24. The molecule has 0 unspecified atom stereocenters. The molecule has 1 saturated heterocycles. The summed E-state index contributed by atoms with van der Waals surface area (Å²) in [5.74, 6) is 1.07. The first kappa shape index (κ1) is 16.7. The smallest absolute Gasteiger partial charge is 0.326 e.